The van der Waals surface area contributed by atoms with Gasteiger partial charge in [0.1, 0.15) is 18.3 Å². The lowest BCUT2D eigenvalue weighted by molar-refractivity contribution is -0.151. The number of aliphatic hydroxyl groups excluding tert-OH is 1. The summed E-state index contributed by atoms with van der Waals surface area (Å²) in [6.45, 7) is 1.02. The van der Waals surface area contributed by atoms with Crippen molar-refractivity contribution in [3.8, 4) is 0 Å². The molecule has 1 N–H and O–H groups in total. The second-order valence-electron chi connectivity index (χ2n) is 7.22. The Morgan fingerprint density at radius 1 is 0.677 bits per heavy atom. The molecule has 31 heavy (non-hydrogen) atoms. The van der Waals surface area contributed by atoms with Gasteiger partial charge in [0.05, 0.1) is 26.4 Å². The Bertz CT molecular complexity index is 870. The van der Waals surface area contributed by atoms with Crippen molar-refractivity contribution >= 4 is 6.29 Å². The van der Waals surface area contributed by atoms with Gasteiger partial charge in [-0.05, 0) is 16.7 Å². The zero-order chi connectivity index (χ0) is 21.7. The molecule has 0 spiro atoms. The van der Waals surface area contributed by atoms with Gasteiger partial charge in [0, 0.05) is 0 Å². The average Bonchev–Trinajstić information content (AvgIpc) is 2.83. The van der Waals surface area contributed by atoms with E-state index in [4.69, 9.17) is 14.2 Å². The Kier molecular flexibility index (Phi) is 9.41. The van der Waals surface area contributed by atoms with Crippen LogP contribution in [0.25, 0.3) is 0 Å². The van der Waals surface area contributed by atoms with Crippen LogP contribution in [-0.4, -0.2) is 36.3 Å². The lowest BCUT2D eigenvalue weighted by Crippen LogP contribution is -2.44. The third-order valence-electron chi connectivity index (χ3n) is 4.84. The number of benzene rings is 3. The van der Waals surface area contributed by atoms with Gasteiger partial charge in [0.15, 0.2) is 6.29 Å². The highest BCUT2D eigenvalue weighted by Crippen LogP contribution is 2.14. The molecule has 0 radical (unpaired) electrons. The number of aliphatic hydroxyl groups is 1. The van der Waals surface area contributed by atoms with E-state index in [0.717, 1.165) is 16.7 Å². The molecule has 0 saturated carbocycles. The maximum Gasteiger partial charge on any atom is 0.151 e. The van der Waals surface area contributed by atoms with Crippen molar-refractivity contribution in [2.75, 3.05) is 6.61 Å². The summed E-state index contributed by atoms with van der Waals surface area (Å²) in [7, 11) is 0. The predicted octanol–water partition coefficient (Wildman–Crippen LogP) is 3.93. The van der Waals surface area contributed by atoms with Crippen LogP contribution in [0.1, 0.15) is 16.7 Å². The summed E-state index contributed by atoms with van der Waals surface area (Å²) in [5, 5.41) is 10.9. The zero-order valence-corrected chi connectivity index (χ0v) is 17.4. The molecule has 3 aromatic rings. The second kappa shape index (κ2) is 12.8. The van der Waals surface area contributed by atoms with Crippen LogP contribution >= 0.6 is 0 Å². The van der Waals surface area contributed by atoms with Crippen LogP contribution in [0, 0.1) is 0 Å². The molecular weight excluding hydrogens is 392 g/mol. The number of hydrogen-bond donors (Lipinski definition) is 1. The molecule has 3 aromatic carbocycles. The second-order valence-corrected chi connectivity index (χ2v) is 7.22. The molecule has 162 valence electrons. The van der Waals surface area contributed by atoms with E-state index in [1.165, 1.54) is 0 Å². The Labute approximate surface area is 183 Å². The average molecular weight is 421 g/mol. The van der Waals surface area contributed by atoms with Gasteiger partial charge in [0.2, 0.25) is 0 Å². The van der Waals surface area contributed by atoms with Crippen LogP contribution in [0.15, 0.2) is 91.0 Å². The van der Waals surface area contributed by atoms with E-state index in [9.17, 15) is 9.90 Å². The predicted molar refractivity (Wildman–Crippen MR) is 118 cm³/mol. The fraction of sp³-hybridized carbons (Fsp3) is 0.269. The molecule has 0 aromatic heterocycles. The first-order chi connectivity index (χ1) is 15.3. The van der Waals surface area contributed by atoms with Crippen LogP contribution in [-0.2, 0) is 38.8 Å². The van der Waals surface area contributed by atoms with Gasteiger partial charge in [-0.2, -0.15) is 0 Å². The number of ether oxygens (including phenoxy) is 3. The standard InChI is InChI=1S/C26H28O5/c27-16-24(30-18-22-12-6-2-7-13-22)26(28)25(31-19-23-14-8-3-9-15-23)20-29-17-21-10-4-1-5-11-21/h1-16,24-26,28H,17-20H2/t24-,25-,26-/m1/s1. The number of aldehydes is 1. The first-order valence-corrected chi connectivity index (χ1v) is 10.3. The fourth-order valence-electron chi connectivity index (χ4n) is 3.09. The quantitative estimate of drug-likeness (QED) is 0.425. The van der Waals surface area contributed by atoms with Gasteiger partial charge in [-0.3, -0.25) is 0 Å². The molecule has 0 aliphatic heterocycles. The van der Waals surface area contributed by atoms with Crippen molar-refractivity contribution in [2.24, 2.45) is 0 Å². The van der Waals surface area contributed by atoms with Crippen molar-refractivity contribution in [1.29, 1.82) is 0 Å². The first-order valence-electron chi connectivity index (χ1n) is 10.3. The maximum absolute atomic E-state index is 11.7. The van der Waals surface area contributed by atoms with Gasteiger partial charge < -0.3 is 24.1 Å². The zero-order valence-electron chi connectivity index (χ0n) is 17.4. The Hall–Kier alpha value is -2.83. The first kappa shape index (κ1) is 22.8. The third kappa shape index (κ3) is 7.74. The fourth-order valence-corrected chi connectivity index (χ4v) is 3.09. The van der Waals surface area contributed by atoms with E-state index in [-0.39, 0.29) is 13.2 Å². The summed E-state index contributed by atoms with van der Waals surface area (Å²) < 4.78 is 17.4. The van der Waals surface area contributed by atoms with E-state index >= 15 is 0 Å². The van der Waals surface area contributed by atoms with Crippen LogP contribution < -0.4 is 0 Å². The van der Waals surface area contributed by atoms with E-state index < -0.39 is 18.3 Å². The molecule has 0 amide bonds. The molecule has 3 rings (SSSR count). The Morgan fingerprint density at radius 2 is 1.13 bits per heavy atom. The molecule has 0 aliphatic carbocycles. The minimum atomic E-state index is -1.17. The van der Waals surface area contributed by atoms with Crippen LogP contribution in [0.3, 0.4) is 0 Å². The van der Waals surface area contributed by atoms with Crippen LogP contribution in [0.2, 0.25) is 0 Å². The highest BCUT2D eigenvalue weighted by atomic mass is 16.5. The monoisotopic (exact) mass is 420 g/mol. The molecule has 0 bridgehead atoms. The molecule has 5 nitrogen and oxygen atoms in total. The van der Waals surface area contributed by atoms with Gasteiger partial charge in [-0.15, -0.1) is 0 Å². The topological polar surface area (TPSA) is 65.0 Å². The lowest BCUT2D eigenvalue weighted by Gasteiger charge is -2.27. The molecule has 0 aliphatic rings. The van der Waals surface area contributed by atoms with Crippen molar-refractivity contribution in [1.82, 2.24) is 0 Å². The largest absolute Gasteiger partial charge is 0.387 e. The molecule has 0 fully saturated rings. The van der Waals surface area contributed by atoms with Gasteiger partial charge in [-0.25, -0.2) is 0 Å². The molecule has 0 saturated heterocycles. The number of hydrogen-bond acceptors (Lipinski definition) is 5. The molecule has 3 atom stereocenters. The smallest absolute Gasteiger partial charge is 0.151 e. The van der Waals surface area contributed by atoms with Crippen LogP contribution in [0.4, 0.5) is 0 Å². The summed E-state index contributed by atoms with van der Waals surface area (Å²) in [5.74, 6) is 0. The van der Waals surface area contributed by atoms with Crippen molar-refractivity contribution in [3.63, 3.8) is 0 Å². The Balaban J connectivity index is 1.60. The normalized spacial score (nSPS) is 14.0. The van der Waals surface area contributed by atoms with Crippen molar-refractivity contribution < 1.29 is 24.1 Å². The summed E-state index contributed by atoms with van der Waals surface area (Å²) in [6, 6.07) is 28.9. The van der Waals surface area contributed by atoms with E-state index in [2.05, 4.69) is 0 Å². The van der Waals surface area contributed by atoms with Gasteiger partial charge in [-0.1, -0.05) is 91.0 Å². The number of rotatable bonds is 13. The van der Waals surface area contributed by atoms with Gasteiger partial charge >= 0.3 is 0 Å². The van der Waals surface area contributed by atoms with Crippen molar-refractivity contribution in [2.45, 2.75) is 38.1 Å². The maximum atomic E-state index is 11.7. The summed E-state index contributed by atoms with van der Waals surface area (Å²) in [4.78, 5) is 11.7. The third-order valence-corrected chi connectivity index (χ3v) is 4.84. The van der Waals surface area contributed by atoms with E-state index in [0.29, 0.717) is 19.5 Å². The highest BCUT2D eigenvalue weighted by molar-refractivity contribution is 5.57. The molecular formula is C26H28O5. The summed E-state index contributed by atoms with van der Waals surface area (Å²) in [5.41, 5.74) is 2.91. The van der Waals surface area contributed by atoms with E-state index in [1.54, 1.807) is 0 Å². The minimum Gasteiger partial charge on any atom is -0.387 e. The minimum absolute atomic E-state index is 0.127. The van der Waals surface area contributed by atoms with Crippen LogP contribution in [0.5, 0.6) is 0 Å². The summed E-state index contributed by atoms with van der Waals surface area (Å²) >= 11 is 0. The molecule has 5 heteroatoms. The SMILES string of the molecule is O=C[C@@H](OCc1ccccc1)[C@@H](O)[C@@H](COCc1ccccc1)OCc1ccccc1. The van der Waals surface area contributed by atoms with Crippen molar-refractivity contribution in [3.05, 3.63) is 108 Å². The van der Waals surface area contributed by atoms with E-state index in [1.807, 2.05) is 91.0 Å². The number of carbonyl (C=O) groups is 1. The highest BCUT2D eigenvalue weighted by Gasteiger charge is 2.29. The number of carbonyl (C=O) groups excluding carboxylic acids is 1. The Morgan fingerprint density at radius 3 is 1.61 bits per heavy atom. The molecule has 0 unspecified atom stereocenters. The summed E-state index contributed by atoms with van der Waals surface area (Å²) in [6.07, 6.45) is -2.30. The lowest BCUT2D eigenvalue weighted by atomic mass is 10.1. The molecule has 0 heterocycles. The van der Waals surface area contributed by atoms with Gasteiger partial charge in [0.25, 0.3) is 0 Å².